The van der Waals surface area contributed by atoms with Crippen molar-refractivity contribution in [2.24, 2.45) is 27.6 Å². The van der Waals surface area contributed by atoms with E-state index < -0.39 is 51.9 Å². The molecule has 5 N–H and O–H groups in total. The standard InChI is InChI=1S/C29H42N4O3S.C28H40N4O4S/c1-17-14-22(33(15-17)26(35)24(28(4,5)6)32-27(36)29(7,8)9)25(34)31-18(2)20-10-12-21(13-11-20)23-19(3)30-16-37-23;1-16(18-9-11-19(12-10-18)22-17(2)29-15-37-22)30-24(34)21-13-20(33)14-32(21)25(35)23(27(3,4)5)31-26(36)28(6,7)8/h10-13,16-18,22,24H,14-15H2,1-9H3,(H,31,34)(H,32,36);9-12,15-16,20-21,23,33H,13-14H2,1-8H3,(H,30,34)(H,31,36)/t17-,18-,22+,24-;16-,20+,21-,23+/m11/s1. The molecule has 0 bridgehead atoms. The molecule has 6 rings (SSSR count). The Morgan fingerprint density at radius 3 is 1.24 bits per heavy atom. The summed E-state index contributed by atoms with van der Waals surface area (Å²) in [7, 11) is 0. The monoisotopic (exact) mass is 1050 g/mol. The highest BCUT2D eigenvalue weighted by molar-refractivity contribution is 7.13. The van der Waals surface area contributed by atoms with Crippen LogP contribution < -0.4 is 21.3 Å². The number of thiazole rings is 2. The minimum atomic E-state index is -0.833. The van der Waals surface area contributed by atoms with Gasteiger partial charge < -0.3 is 36.2 Å². The third-order valence-electron chi connectivity index (χ3n) is 13.7. The molecule has 2 fully saturated rings. The second-order valence-electron chi connectivity index (χ2n) is 24.5. The number of β-amino-alcohol motifs (C(OH)–C–C–N with tert-alkyl or cyclic N) is 1. The van der Waals surface area contributed by atoms with Crippen LogP contribution in [0.4, 0.5) is 0 Å². The molecule has 6 amide bonds. The lowest BCUT2D eigenvalue weighted by Gasteiger charge is -2.37. The maximum Gasteiger partial charge on any atom is 0.246 e. The molecule has 17 heteroatoms. The summed E-state index contributed by atoms with van der Waals surface area (Å²) in [6.07, 6.45) is -0.0634. The molecule has 2 aliphatic rings. The Morgan fingerprint density at radius 2 is 0.919 bits per heavy atom. The van der Waals surface area contributed by atoms with E-state index in [9.17, 15) is 33.9 Å². The minimum absolute atomic E-state index is 0.0478. The topological polar surface area (TPSA) is 203 Å². The minimum Gasteiger partial charge on any atom is -0.391 e. The highest BCUT2D eigenvalue weighted by Gasteiger charge is 2.47. The van der Waals surface area contributed by atoms with Crippen LogP contribution in [0.5, 0.6) is 0 Å². The predicted molar refractivity (Wildman–Crippen MR) is 295 cm³/mol. The van der Waals surface area contributed by atoms with Crippen molar-refractivity contribution < 1.29 is 33.9 Å². The van der Waals surface area contributed by atoms with Gasteiger partial charge in [0.15, 0.2) is 0 Å². The first-order valence-electron chi connectivity index (χ1n) is 25.7. The first-order chi connectivity index (χ1) is 34.2. The van der Waals surface area contributed by atoms with Crippen molar-refractivity contribution in [1.82, 2.24) is 41.0 Å². The summed E-state index contributed by atoms with van der Waals surface area (Å²) >= 11 is 3.20. The molecule has 8 atom stereocenters. The summed E-state index contributed by atoms with van der Waals surface area (Å²) in [6, 6.07) is 12.7. The van der Waals surface area contributed by atoms with Crippen LogP contribution in [0.3, 0.4) is 0 Å². The van der Waals surface area contributed by atoms with Crippen LogP contribution in [0.15, 0.2) is 59.6 Å². The number of rotatable bonds is 12. The largest absolute Gasteiger partial charge is 0.391 e. The van der Waals surface area contributed by atoms with E-state index in [4.69, 9.17) is 0 Å². The molecule has 0 radical (unpaired) electrons. The third kappa shape index (κ3) is 14.9. The van der Waals surface area contributed by atoms with Crippen LogP contribution in [0, 0.1) is 41.4 Å². The summed E-state index contributed by atoms with van der Waals surface area (Å²) in [5, 5.41) is 22.4. The average Bonchev–Trinajstić information content (AvgIpc) is 4.12. The van der Waals surface area contributed by atoms with E-state index in [1.807, 2.05) is 137 Å². The van der Waals surface area contributed by atoms with Gasteiger partial charge in [0.05, 0.1) is 50.4 Å². The zero-order valence-electron chi connectivity index (χ0n) is 46.7. The van der Waals surface area contributed by atoms with E-state index >= 15 is 0 Å². The number of benzene rings is 2. The fraction of sp³-hybridized carbons (Fsp3) is 0.579. The molecule has 15 nitrogen and oxygen atoms in total. The van der Waals surface area contributed by atoms with Gasteiger partial charge in [-0.3, -0.25) is 28.8 Å². The summed E-state index contributed by atoms with van der Waals surface area (Å²) in [6.45, 7) is 32.7. The number of hydrogen-bond donors (Lipinski definition) is 5. The number of nitrogens with one attached hydrogen (secondary N) is 4. The van der Waals surface area contributed by atoms with Gasteiger partial charge in [0.1, 0.15) is 24.2 Å². The predicted octanol–water partition coefficient (Wildman–Crippen LogP) is 8.94. The summed E-state index contributed by atoms with van der Waals surface area (Å²) in [5.41, 5.74) is 7.37. The molecule has 0 aliphatic carbocycles. The zero-order chi connectivity index (χ0) is 55.4. The highest BCUT2D eigenvalue weighted by atomic mass is 32.1. The van der Waals surface area contributed by atoms with Gasteiger partial charge in [-0.25, -0.2) is 9.97 Å². The zero-order valence-corrected chi connectivity index (χ0v) is 48.4. The fourth-order valence-electron chi connectivity index (χ4n) is 8.96. The van der Waals surface area contributed by atoms with E-state index in [2.05, 4.69) is 50.3 Å². The Morgan fingerprint density at radius 1 is 0.568 bits per heavy atom. The first kappa shape index (κ1) is 59.4. The third-order valence-corrected chi connectivity index (χ3v) is 15.6. The van der Waals surface area contributed by atoms with Gasteiger partial charge in [-0.15, -0.1) is 22.7 Å². The van der Waals surface area contributed by atoms with Crippen LogP contribution >= 0.6 is 22.7 Å². The van der Waals surface area contributed by atoms with E-state index in [1.54, 1.807) is 48.3 Å². The van der Waals surface area contributed by atoms with E-state index in [0.717, 1.165) is 43.4 Å². The van der Waals surface area contributed by atoms with Gasteiger partial charge in [0.2, 0.25) is 35.4 Å². The number of carbonyl (C=O) groups is 6. The maximum absolute atomic E-state index is 13.8. The molecule has 2 aromatic heterocycles. The lowest BCUT2D eigenvalue weighted by atomic mass is 9.84. The molecule has 0 saturated carbocycles. The Balaban J connectivity index is 0.000000274. The van der Waals surface area contributed by atoms with Crippen molar-refractivity contribution in [3.63, 3.8) is 0 Å². The van der Waals surface area contributed by atoms with Crippen LogP contribution in [0.1, 0.15) is 151 Å². The van der Waals surface area contributed by atoms with E-state index in [-0.39, 0.29) is 66.4 Å². The number of aryl methyl sites for hydroxylation is 2. The number of hydrogen-bond acceptors (Lipinski definition) is 11. The average molecular weight is 1060 g/mol. The van der Waals surface area contributed by atoms with Crippen LogP contribution in [0.25, 0.3) is 20.9 Å². The Bertz CT molecular complexity index is 2440. The molecule has 2 aliphatic heterocycles. The van der Waals surface area contributed by atoms with Gasteiger partial charge in [0.25, 0.3) is 0 Å². The van der Waals surface area contributed by atoms with Gasteiger partial charge >= 0.3 is 0 Å². The summed E-state index contributed by atoms with van der Waals surface area (Å²) < 4.78 is 0. The van der Waals surface area contributed by atoms with E-state index in [0.29, 0.717) is 13.0 Å². The molecule has 404 valence electrons. The molecular weight excluding hydrogens is 973 g/mol. The van der Waals surface area contributed by atoms with Crippen molar-refractivity contribution in [1.29, 1.82) is 0 Å². The molecule has 0 unspecified atom stereocenters. The van der Waals surface area contributed by atoms with Gasteiger partial charge in [0, 0.05) is 30.3 Å². The molecule has 4 heterocycles. The fourth-order valence-corrected chi connectivity index (χ4v) is 10.6. The first-order valence-corrected chi connectivity index (χ1v) is 27.5. The van der Waals surface area contributed by atoms with Crippen molar-refractivity contribution in [2.45, 2.75) is 173 Å². The SMILES string of the molecule is Cc1ncsc1-c1ccc([C@@H](C)NC(=O)[C@@H]2C[C@@H](C)CN2C(=O)[C@@H](NC(=O)C(C)(C)C)C(C)(C)C)cc1.Cc1ncsc1-c1ccc([C@@H](C)NC(=O)[C@H]2C[C@H](O)CN2C(=O)[C@H](NC(=O)C(C)(C)C)C(C)(C)C)cc1. The van der Waals surface area contributed by atoms with Crippen molar-refractivity contribution >= 4 is 58.1 Å². The number of aromatic nitrogens is 2. The second-order valence-corrected chi connectivity index (χ2v) is 26.2. The van der Waals surface area contributed by atoms with Gasteiger partial charge in [-0.05, 0) is 73.1 Å². The van der Waals surface area contributed by atoms with Crippen LogP contribution in [-0.4, -0.2) is 104 Å². The van der Waals surface area contributed by atoms with Crippen molar-refractivity contribution in [2.75, 3.05) is 13.1 Å². The van der Waals surface area contributed by atoms with Crippen molar-refractivity contribution in [3.05, 3.63) is 82.1 Å². The number of aliphatic hydroxyl groups excluding tert-OH is 1. The van der Waals surface area contributed by atoms with Gasteiger partial charge in [-0.1, -0.05) is 139 Å². The Kier molecular flexibility index (Phi) is 18.9. The van der Waals surface area contributed by atoms with Gasteiger partial charge in [-0.2, -0.15) is 0 Å². The lowest BCUT2D eigenvalue weighted by Crippen LogP contribution is -2.59. The highest BCUT2D eigenvalue weighted by Crippen LogP contribution is 2.33. The molecular formula is C57H82N8O7S2. The lowest BCUT2D eigenvalue weighted by molar-refractivity contribution is -0.145. The number of carbonyl (C=O) groups excluding carboxylic acids is 6. The van der Waals surface area contributed by atoms with Crippen molar-refractivity contribution in [3.8, 4) is 20.9 Å². The van der Waals surface area contributed by atoms with Crippen LogP contribution in [0.2, 0.25) is 0 Å². The molecule has 4 aromatic rings. The smallest absolute Gasteiger partial charge is 0.246 e. The number of likely N-dealkylation sites (tertiary alicyclic amines) is 2. The quantitative estimate of drug-likeness (QED) is 0.0918. The Labute approximate surface area is 447 Å². The van der Waals surface area contributed by atoms with Crippen LogP contribution in [-0.2, 0) is 28.8 Å². The molecule has 0 spiro atoms. The molecule has 74 heavy (non-hydrogen) atoms. The van der Waals surface area contributed by atoms with E-state index in [1.165, 1.54) is 4.90 Å². The number of aliphatic hydroxyl groups is 1. The molecule has 2 aromatic carbocycles. The normalized spacial score (nSPS) is 19.9. The number of amides is 6. The maximum atomic E-state index is 13.8. The second kappa shape index (κ2) is 23.6. The Hall–Kier alpha value is -5.52. The number of nitrogens with zero attached hydrogens (tertiary/aromatic N) is 4. The summed E-state index contributed by atoms with van der Waals surface area (Å²) in [4.78, 5) is 93.7. The summed E-state index contributed by atoms with van der Waals surface area (Å²) in [5.74, 6) is -1.29. The molecule has 2 saturated heterocycles.